The molecule has 1 amide bonds. The fourth-order valence-electron chi connectivity index (χ4n) is 7.60. The number of rotatable bonds is 14. The maximum Gasteiger partial charge on any atom is 0.407 e. The number of amides is 1. The number of carbonyl (C=O) groups is 1. The van der Waals surface area contributed by atoms with Crippen LogP contribution >= 0.6 is 0 Å². The van der Waals surface area contributed by atoms with Crippen LogP contribution in [0, 0.1) is 6.92 Å². The van der Waals surface area contributed by atoms with Crippen LogP contribution in [0.2, 0.25) is 5.04 Å². The second-order valence-electron chi connectivity index (χ2n) is 14.9. The van der Waals surface area contributed by atoms with Crippen molar-refractivity contribution in [3.8, 4) is 5.75 Å². The summed E-state index contributed by atoms with van der Waals surface area (Å²) >= 11 is 0. The minimum atomic E-state index is -2.70. The molecule has 6 rings (SSSR count). The molecule has 4 N–H and O–H groups in total. The van der Waals surface area contributed by atoms with Gasteiger partial charge in [-0.05, 0) is 58.8 Å². The summed E-state index contributed by atoms with van der Waals surface area (Å²) in [5.41, 5.74) is 11.1. The summed E-state index contributed by atoms with van der Waals surface area (Å²) in [5, 5.41) is 20.3. The van der Waals surface area contributed by atoms with E-state index in [9.17, 15) is 9.90 Å². The highest BCUT2D eigenvalue weighted by Gasteiger charge is 2.50. The molecule has 4 heterocycles. The van der Waals surface area contributed by atoms with E-state index in [1.807, 2.05) is 29.9 Å². The van der Waals surface area contributed by atoms with E-state index in [1.54, 1.807) is 7.11 Å². The molecule has 0 radical (unpaired) electrons. The number of fused-ring (bicyclic) bond motifs is 1. The lowest BCUT2D eigenvalue weighted by Crippen LogP contribution is -2.66. The lowest BCUT2D eigenvalue weighted by atomic mass is 10.0. The number of nitrogens with one attached hydrogen (secondary N) is 1. The highest BCUT2D eigenvalue weighted by Crippen LogP contribution is 2.37. The number of aryl methyl sites for hydroxylation is 1. The topological polar surface area (TPSA) is 154 Å². The number of benzene rings is 2. The van der Waals surface area contributed by atoms with Crippen molar-refractivity contribution in [1.82, 2.24) is 29.6 Å². The van der Waals surface area contributed by atoms with Gasteiger partial charge in [0.2, 0.25) is 5.95 Å². The van der Waals surface area contributed by atoms with Crippen molar-refractivity contribution >= 4 is 53.2 Å². The molecule has 0 unspecified atom stereocenters. The molecule has 13 heteroatoms. The Hall–Kier alpha value is -5.27. The highest BCUT2D eigenvalue weighted by atomic mass is 28.4. The molecule has 0 bridgehead atoms. The van der Waals surface area contributed by atoms with Gasteiger partial charge in [-0.15, -0.1) is 0 Å². The normalized spacial score (nSPS) is 14.2. The average molecular weight is 749 g/mol. The van der Waals surface area contributed by atoms with Gasteiger partial charge in [0.15, 0.2) is 5.82 Å². The Bertz CT molecular complexity index is 2060. The van der Waals surface area contributed by atoms with Crippen molar-refractivity contribution in [2.24, 2.45) is 0 Å². The zero-order chi connectivity index (χ0) is 38.5. The van der Waals surface area contributed by atoms with Crippen molar-refractivity contribution in [3.63, 3.8) is 0 Å². The van der Waals surface area contributed by atoms with Crippen LogP contribution in [-0.4, -0.2) is 82.0 Å². The molecule has 0 saturated heterocycles. The third kappa shape index (κ3) is 7.97. The third-order valence-electron chi connectivity index (χ3n) is 10.3. The lowest BCUT2D eigenvalue weighted by molar-refractivity contribution is 0.150. The number of methoxy groups -OCH3 is 1. The maximum absolute atomic E-state index is 11.4. The Morgan fingerprint density at radius 3 is 2.31 bits per heavy atom. The molecule has 0 spiro atoms. The average Bonchev–Trinajstić information content (AvgIpc) is 3.47. The molecular weight excluding hydrogens is 697 g/mol. The minimum absolute atomic E-state index is 0.0436. The standard InChI is InChI=1S/C41H52N8O4Si/c1-7-14-31(21-24-53-54(41(3,4)5,32-15-10-8-11-16-32)33-17-12-9-13-18-33)44-38-37-36(45-39(42)46-38)28(2)47-49(37)27-34-35(52-6)25-30(26-43-34)29-19-22-48(23-20-29)40(50)51/h8-13,15-19,25-26,31H,7,14,20-24,27H2,1-6H3,(H,50,51)(H3,42,44,45,46)/t31-/m0/s1. The van der Waals surface area contributed by atoms with Crippen LogP contribution in [0.25, 0.3) is 16.6 Å². The number of hydrogen-bond acceptors (Lipinski definition) is 9. The predicted molar refractivity (Wildman–Crippen MR) is 217 cm³/mol. The highest BCUT2D eigenvalue weighted by molar-refractivity contribution is 6.99. The van der Waals surface area contributed by atoms with Crippen LogP contribution in [0.15, 0.2) is 79.0 Å². The third-order valence-corrected chi connectivity index (χ3v) is 15.3. The Kier molecular flexibility index (Phi) is 11.7. The number of nitrogens with two attached hydrogens (primary N) is 1. The first kappa shape index (κ1) is 38.5. The lowest BCUT2D eigenvalue weighted by Gasteiger charge is -2.43. The fourth-order valence-corrected chi connectivity index (χ4v) is 12.2. The summed E-state index contributed by atoms with van der Waals surface area (Å²) in [6.45, 7) is 12.6. The maximum atomic E-state index is 11.4. The SMILES string of the molecule is CCC[C@@H](CCO[Si](c1ccccc1)(c1ccccc1)C(C)(C)C)Nc1nc(N)nc2c(C)nn(Cc3ncc(C4=CCN(C(=O)O)CC4)cc3OC)c12. The summed E-state index contributed by atoms with van der Waals surface area (Å²) in [6, 6.07) is 23.4. The van der Waals surface area contributed by atoms with E-state index < -0.39 is 14.4 Å². The summed E-state index contributed by atoms with van der Waals surface area (Å²) < 4.78 is 14.9. The smallest absolute Gasteiger partial charge is 0.407 e. The number of nitrogen functional groups attached to an aromatic ring is 1. The molecule has 0 saturated carbocycles. The van der Waals surface area contributed by atoms with Crippen LogP contribution in [0.3, 0.4) is 0 Å². The van der Waals surface area contributed by atoms with E-state index in [2.05, 4.69) is 98.7 Å². The first-order valence-corrected chi connectivity index (χ1v) is 20.6. The van der Waals surface area contributed by atoms with Gasteiger partial charge in [0.25, 0.3) is 8.32 Å². The van der Waals surface area contributed by atoms with E-state index >= 15 is 0 Å². The molecule has 0 aliphatic carbocycles. The van der Waals surface area contributed by atoms with Crippen molar-refractivity contribution in [2.75, 3.05) is 37.9 Å². The fraction of sp³-hybridized carbons (Fsp3) is 0.390. The molecule has 1 aliphatic heterocycles. The number of ether oxygens (including phenoxy) is 1. The number of carboxylic acid groups (broad SMARTS) is 1. The summed E-state index contributed by atoms with van der Waals surface area (Å²) in [6.07, 6.45) is 6.07. The Morgan fingerprint density at radius 2 is 1.74 bits per heavy atom. The van der Waals surface area contributed by atoms with Gasteiger partial charge < -0.3 is 30.2 Å². The van der Waals surface area contributed by atoms with Gasteiger partial charge in [0, 0.05) is 31.9 Å². The van der Waals surface area contributed by atoms with Crippen LogP contribution in [0.1, 0.15) is 70.3 Å². The molecule has 5 aromatic rings. The number of pyridine rings is 1. The van der Waals surface area contributed by atoms with Gasteiger partial charge in [0.1, 0.15) is 22.5 Å². The Balaban J connectivity index is 1.27. The summed E-state index contributed by atoms with van der Waals surface area (Å²) in [7, 11) is -1.08. The van der Waals surface area contributed by atoms with Gasteiger partial charge in [-0.2, -0.15) is 10.1 Å². The zero-order valence-electron chi connectivity index (χ0n) is 32.2. The zero-order valence-corrected chi connectivity index (χ0v) is 33.2. The van der Waals surface area contributed by atoms with Crippen molar-refractivity contribution in [3.05, 3.63) is 96.0 Å². The summed E-state index contributed by atoms with van der Waals surface area (Å²) in [4.78, 5) is 26.9. The van der Waals surface area contributed by atoms with Crippen LogP contribution in [-0.2, 0) is 11.0 Å². The minimum Gasteiger partial charge on any atom is -0.495 e. The van der Waals surface area contributed by atoms with E-state index in [4.69, 9.17) is 30.0 Å². The van der Waals surface area contributed by atoms with Crippen LogP contribution < -0.4 is 26.2 Å². The first-order valence-electron chi connectivity index (χ1n) is 18.7. The number of nitrogens with zero attached hydrogens (tertiary/aromatic N) is 6. The predicted octanol–water partition coefficient (Wildman–Crippen LogP) is 6.48. The summed E-state index contributed by atoms with van der Waals surface area (Å²) in [5.74, 6) is 1.41. The number of anilines is 2. The van der Waals surface area contributed by atoms with E-state index in [0.717, 1.165) is 41.6 Å². The van der Waals surface area contributed by atoms with Crippen LogP contribution in [0.4, 0.5) is 16.6 Å². The second-order valence-corrected chi connectivity index (χ2v) is 19.2. The molecule has 54 heavy (non-hydrogen) atoms. The van der Waals surface area contributed by atoms with Crippen molar-refractivity contribution < 1.29 is 19.1 Å². The van der Waals surface area contributed by atoms with Crippen molar-refractivity contribution in [2.45, 2.75) is 77.9 Å². The monoisotopic (exact) mass is 748 g/mol. The number of aromatic nitrogens is 5. The number of hydrogen-bond donors (Lipinski definition) is 3. The van der Waals surface area contributed by atoms with Gasteiger partial charge in [-0.1, -0.05) is 101 Å². The molecular formula is C41H52N8O4Si. The van der Waals surface area contributed by atoms with E-state index in [0.29, 0.717) is 55.4 Å². The quantitative estimate of drug-likeness (QED) is 0.108. The van der Waals surface area contributed by atoms with Gasteiger partial charge >= 0.3 is 6.09 Å². The molecule has 284 valence electrons. The van der Waals surface area contributed by atoms with Crippen molar-refractivity contribution in [1.29, 1.82) is 0 Å². The molecule has 1 aliphatic rings. The van der Waals surface area contributed by atoms with E-state index in [-0.39, 0.29) is 17.0 Å². The largest absolute Gasteiger partial charge is 0.495 e. The first-order chi connectivity index (χ1) is 25.9. The Morgan fingerprint density at radius 1 is 1.06 bits per heavy atom. The molecule has 12 nitrogen and oxygen atoms in total. The molecule has 3 aromatic heterocycles. The molecule has 1 atom stereocenters. The van der Waals surface area contributed by atoms with Crippen LogP contribution in [0.5, 0.6) is 5.75 Å². The second kappa shape index (κ2) is 16.4. The van der Waals surface area contributed by atoms with Gasteiger partial charge in [-0.25, -0.2) is 9.78 Å². The van der Waals surface area contributed by atoms with Gasteiger partial charge in [0.05, 0.1) is 19.3 Å². The van der Waals surface area contributed by atoms with Gasteiger partial charge in [-0.3, -0.25) is 9.67 Å². The van der Waals surface area contributed by atoms with E-state index in [1.165, 1.54) is 15.3 Å². The molecule has 0 fully saturated rings. The molecule has 2 aromatic carbocycles. The Labute approximate surface area is 318 Å².